The molecular weight excluding hydrogens is 250 g/mol. The van der Waals surface area contributed by atoms with Gasteiger partial charge in [-0.3, -0.25) is 9.98 Å². The van der Waals surface area contributed by atoms with Gasteiger partial charge < -0.3 is 11.5 Å². The van der Waals surface area contributed by atoms with Crippen molar-refractivity contribution in [2.45, 2.75) is 6.92 Å². The van der Waals surface area contributed by atoms with Gasteiger partial charge in [-0.1, -0.05) is 11.6 Å². The first kappa shape index (κ1) is 14.2. The van der Waals surface area contributed by atoms with E-state index in [1.807, 2.05) is 19.1 Å². The summed E-state index contributed by atoms with van der Waals surface area (Å²) in [5.41, 5.74) is 13.6. The molecule has 1 aromatic rings. The molecule has 0 radical (unpaired) electrons. The number of hydrogen-bond acceptors (Lipinski definition) is 3. The molecule has 0 saturated carbocycles. The number of halogens is 1. The molecule has 0 spiro atoms. The molecule has 0 amide bonds. The predicted octanol–water partition coefficient (Wildman–Crippen LogP) is 1.69. The van der Waals surface area contributed by atoms with E-state index in [4.69, 9.17) is 23.1 Å². The van der Waals surface area contributed by atoms with Gasteiger partial charge in [0.2, 0.25) is 0 Å². The molecule has 18 heavy (non-hydrogen) atoms. The van der Waals surface area contributed by atoms with Crippen LogP contribution in [0, 0.1) is 6.92 Å². The van der Waals surface area contributed by atoms with E-state index in [9.17, 15) is 0 Å². The smallest absolute Gasteiger partial charge is 0.153 e. The number of hydrogen-bond donors (Lipinski definition) is 2. The van der Waals surface area contributed by atoms with E-state index in [0.29, 0.717) is 16.4 Å². The van der Waals surface area contributed by atoms with E-state index in [2.05, 4.69) is 15.0 Å². The minimum Gasteiger partial charge on any atom is -0.382 e. The van der Waals surface area contributed by atoms with Crippen LogP contribution in [0.5, 0.6) is 0 Å². The minimum absolute atomic E-state index is 0.210. The zero-order chi connectivity index (χ0) is 13.7. The van der Waals surface area contributed by atoms with Gasteiger partial charge in [0.05, 0.1) is 5.69 Å². The summed E-state index contributed by atoms with van der Waals surface area (Å²) in [7, 11) is 3.15. The van der Waals surface area contributed by atoms with E-state index < -0.39 is 0 Å². The topological polar surface area (TPSA) is 89.1 Å². The standard InChI is InChI=1S/C12H16ClN5/c1-7-4-8(13)6-9(5-7)18-12(15)10(16-2)11(14)17-3/h4-6H,1-3H3,(H2,14,17)(H2,15,18). The molecule has 4 N–H and O–H groups in total. The van der Waals surface area contributed by atoms with Crippen LogP contribution in [0.1, 0.15) is 5.56 Å². The molecule has 0 aliphatic rings. The average molecular weight is 266 g/mol. The molecule has 0 bridgehead atoms. The number of nitrogens with two attached hydrogens (primary N) is 2. The highest BCUT2D eigenvalue weighted by Crippen LogP contribution is 2.20. The van der Waals surface area contributed by atoms with E-state index in [1.165, 1.54) is 0 Å². The molecule has 6 heteroatoms. The fourth-order valence-corrected chi connectivity index (χ4v) is 1.72. The third-order valence-electron chi connectivity index (χ3n) is 2.23. The van der Waals surface area contributed by atoms with Crippen LogP contribution in [0.25, 0.3) is 0 Å². The Hall–Kier alpha value is -1.88. The summed E-state index contributed by atoms with van der Waals surface area (Å²) >= 11 is 5.95. The Morgan fingerprint density at radius 2 is 1.72 bits per heavy atom. The summed E-state index contributed by atoms with van der Waals surface area (Å²) in [5, 5.41) is 0.605. The third kappa shape index (κ3) is 3.56. The van der Waals surface area contributed by atoms with E-state index in [-0.39, 0.29) is 11.7 Å². The van der Waals surface area contributed by atoms with Crippen LogP contribution in [-0.4, -0.2) is 31.5 Å². The predicted molar refractivity (Wildman–Crippen MR) is 78.4 cm³/mol. The van der Waals surface area contributed by atoms with Crippen molar-refractivity contribution >= 4 is 34.7 Å². The van der Waals surface area contributed by atoms with Gasteiger partial charge in [-0.2, -0.15) is 0 Å². The highest BCUT2D eigenvalue weighted by atomic mass is 35.5. The molecule has 0 unspecified atom stereocenters. The van der Waals surface area contributed by atoms with Gasteiger partial charge in [0.25, 0.3) is 0 Å². The van der Waals surface area contributed by atoms with Crippen molar-refractivity contribution in [3.63, 3.8) is 0 Å². The molecule has 0 saturated heterocycles. The van der Waals surface area contributed by atoms with Crippen LogP contribution in [0.4, 0.5) is 5.69 Å². The lowest BCUT2D eigenvalue weighted by Gasteiger charge is -2.05. The summed E-state index contributed by atoms with van der Waals surface area (Å²) in [6, 6.07) is 5.42. The monoisotopic (exact) mass is 265 g/mol. The molecule has 0 fully saturated rings. The van der Waals surface area contributed by atoms with Crippen LogP contribution in [0.2, 0.25) is 5.02 Å². The molecule has 0 aliphatic carbocycles. The number of aliphatic imine (C=N–C) groups is 3. The van der Waals surface area contributed by atoms with Crippen LogP contribution in [-0.2, 0) is 0 Å². The van der Waals surface area contributed by atoms with Crippen LogP contribution >= 0.6 is 11.6 Å². The minimum atomic E-state index is 0.210. The van der Waals surface area contributed by atoms with Gasteiger partial charge in [-0.15, -0.1) is 0 Å². The van der Waals surface area contributed by atoms with Crippen LogP contribution < -0.4 is 11.5 Å². The second-order valence-corrected chi connectivity index (χ2v) is 4.10. The molecule has 5 nitrogen and oxygen atoms in total. The van der Waals surface area contributed by atoms with E-state index >= 15 is 0 Å². The van der Waals surface area contributed by atoms with Gasteiger partial charge in [0, 0.05) is 19.1 Å². The van der Waals surface area contributed by atoms with Crippen molar-refractivity contribution in [1.82, 2.24) is 0 Å². The van der Waals surface area contributed by atoms with Crippen LogP contribution in [0.15, 0.2) is 33.2 Å². The van der Waals surface area contributed by atoms with Gasteiger partial charge >= 0.3 is 0 Å². The lowest BCUT2D eigenvalue weighted by molar-refractivity contribution is 1.39. The quantitative estimate of drug-likeness (QED) is 0.643. The van der Waals surface area contributed by atoms with E-state index in [0.717, 1.165) is 5.56 Å². The Morgan fingerprint density at radius 3 is 2.22 bits per heavy atom. The Kier molecular flexibility index (Phi) is 4.85. The van der Waals surface area contributed by atoms with E-state index in [1.54, 1.807) is 20.2 Å². The fourth-order valence-electron chi connectivity index (χ4n) is 1.44. The molecule has 1 rings (SSSR count). The van der Waals surface area contributed by atoms with Gasteiger partial charge in [-0.05, 0) is 30.7 Å². The second kappa shape index (κ2) is 6.16. The Balaban J connectivity index is 3.16. The summed E-state index contributed by atoms with van der Waals surface area (Å²) in [6.45, 7) is 1.93. The zero-order valence-corrected chi connectivity index (χ0v) is 11.4. The first-order valence-electron chi connectivity index (χ1n) is 5.29. The molecule has 1 aromatic carbocycles. The molecule has 0 heterocycles. The first-order valence-corrected chi connectivity index (χ1v) is 5.67. The lowest BCUT2D eigenvalue weighted by Crippen LogP contribution is -2.35. The van der Waals surface area contributed by atoms with Crippen LogP contribution in [0.3, 0.4) is 0 Å². The van der Waals surface area contributed by atoms with Crippen molar-refractivity contribution in [1.29, 1.82) is 0 Å². The van der Waals surface area contributed by atoms with Gasteiger partial charge in [0.15, 0.2) is 5.84 Å². The first-order chi connectivity index (χ1) is 8.47. The Bertz CT molecular complexity index is 511. The Morgan fingerprint density at radius 1 is 1.06 bits per heavy atom. The maximum absolute atomic E-state index is 5.95. The molecule has 0 aromatic heterocycles. The highest BCUT2D eigenvalue weighted by molar-refractivity contribution is 6.67. The molecular formula is C12H16ClN5. The third-order valence-corrected chi connectivity index (χ3v) is 2.44. The number of nitrogens with zero attached hydrogens (tertiary/aromatic N) is 3. The lowest BCUT2D eigenvalue weighted by atomic mass is 10.2. The number of aryl methyl sites for hydroxylation is 1. The highest BCUT2D eigenvalue weighted by Gasteiger charge is 2.08. The summed E-state index contributed by atoms with van der Waals surface area (Å²) in [6.07, 6.45) is 0. The maximum Gasteiger partial charge on any atom is 0.153 e. The largest absolute Gasteiger partial charge is 0.382 e. The number of benzene rings is 1. The maximum atomic E-state index is 5.95. The van der Waals surface area contributed by atoms with Crippen molar-refractivity contribution < 1.29 is 0 Å². The second-order valence-electron chi connectivity index (χ2n) is 3.66. The molecule has 0 atom stereocenters. The number of amidine groups is 2. The van der Waals surface area contributed by atoms with Gasteiger partial charge in [0.1, 0.15) is 11.5 Å². The van der Waals surface area contributed by atoms with Crippen molar-refractivity contribution in [2.75, 3.05) is 14.1 Å². The molecule has 0 aliphatic heterocycles. The summed E-state index contributed by atoms with van der Waals surface area (Å²) < 4.78 is 0. The zero-order valence-electron chi connectivity index (χ0n) is 10.6. The molecule has 96 valence electrons. The Labute approximate surface area is 111 Å². The van der Waals surface area contributed by atoms with Gasteiger partial charge in [-0.25, -0.2) is 4.99 Å². The average Bonchev–Trinajstić information content (AvgIpc) is 2.28. The van der Waals surface area contributed by atoms with Crippen molar-refractivity contribution in [3.05, 3.63) is 28.8 Å². The SMILES string of the molecule is CN=C(N)C(=NC)C(N)=Nc1cc(C)cc(Cl)c1. The fraction of sp³-hybridized carbons (Fsp3) is 0.250. The number of rotatable bonds is 3. The van der Waals surface area contributed by atoms with Crippen molar-refractivity contribution in [3.8, 4) is 0 Å². The summed E-state index contributed by atoms with van der Waals surface area (Å²) in [4.78, 5) is 12.0. The van der Waals surface area contributed by atoms with Crippen molar-refractivity contribution in [2.24, 2.45) is 26.4 Å². The normalized spacial score (nSPS) is 13.9. The summed E-state index contributed by atoms with van der Waals surface area (Å²) in [5.74, 6) is 0.458.